The van der Waals surface area contributed by atoms with Gasteiger partial charge in [-0.05, 0) is 31.0 Å². The number of hydrogen-bond donors (Lipinski definition) is 2. The van der Waals surface area contributed by atoms with Crippen LogP contribution in [0.25, 0.3) is 0 Å². The minimum absolute atomic E-state index is 0.0467. The summed E-state index contributed by atoms with van der Waals surface area (Å²) in [4.78, 5) is 11.9. The van der Waals surface area contributed by atoms with E-state index >= 15 is 0 Å². The predicted molar refractivity (Wildman–Crippen MR) is 81.5 cm³/mol. The highest BCUT2D eigenvalue weighted by Crippen LogP contribution is 2.12. The van der Waals surface area contributed by atoms with E-state index in [1.807, 2.05) is 61.5 Å². The zero-order chi connectivity index (χ0) is 14.4. The lowest BCUT2D eigenvalue weighted by Crippen LogP contribution is -2.27. The summed E-state index contributed by atoms with van der Waals surface area (Å²) >= 11 is 0. The third kappa shape index (κ3) is 3.93. The lowest BCUT2D eigenvalue weighted by molar-refractivity contribution is 0.0952. The van der Waals surface area contributed by atoms with Gasteiger partial charge in [-0.25, -0.2) is 0 Å². The zero-order valence-electron chi connectivity index (χ0n) is 11.7. The highest BCUT2D eigenvalue weighted by molar-refractivity contribution is 5.94. The van der Waals surface area contributed by atoms with E-state index in [0.717, 1.165) is 17.5 Å². The first-order valence-electron chi connectivity index (χ1n) is 6.82. The molecule has 0 saturated heterocycles. The summed E-state index contributed by atoms with van der Waals surface area (Å²) < 4.78 is 0. The van der Waals surface area contributed by atoms with Crippen LogP contribution in [0.4, 0.5) is 0 Å². The number of nitrogens with one attached hydrogen (secondary N) is 1. The molecule has 0 aliphatic rings. The molecule has 0 aromatic heterocycles. The molecule has 1 amide bonds. The van der Waals surface area contributed by atoms with Crippen LogP contribution in [0.5, 0.6) is 0 Å². The minimum atomic E-state index is -0.0507. The van der Waals surface area contributed by atoms with Gasteiger partial charge in [0.1, 0.15) is 0 Å². The number of benzene rings is 2. The van der Waals surface area contributed by atoms with Crippen LogP contribution in [0, 0.1) is 6.92 Å². The Kier molecular flexibility index (Phi) is 4.91. The molecule has 20 heavy (non-hydrogen) atoms. The van der Waals surface area contributed by atoms with E-state index in [2.05, 4.69) is 5.32 Å². The highest BCUT2D eigenvalue weighted by Gasteiger charge is 2.07. The van der Waals surface area contributed by atoms with Gasteiger partial charge in [0, 0.05) is 18.2 Å². The van der Waals surface area contributed by atoms with Gasteiger partial charge in [-0.3, -0.25) is 4.79 Å². The Labute approximate surface area is 119 Å². The van der Waals surface area contributed by atoms with Crippen molar-refractivity contribution in [2.45, 2.75) is 19.4 Å². The third-order valence-electron chi connectivity index (χ3n) is 3.28. The Hall–Kier alpha value is -2.13. The number of carbonyl (C=O) groups excluding carboxylic acids is 1. The first-order valence-corrected chi connectivity index (χ1v) is 6.82. The van der Waals surface area contributed by atoms with Crippen LogP contribution < -0.4 is 11.1 Å². The van der Waals surface area contributed by atoms with Crippen LogP contribution in [-0.2, 0) is 0 Å². The minimum Gasteiger partial charge on any atom is -0.352 e. The highest BCUT2D eigenvalue weighted by atomic mass is 16.1. The SMILES string of the molecule is Cc1ccc(C(=O)NCCC(N)c2ccccc2)cc1. The normalized spacial score (nSPS) is 11.9. The first kappa shape index (κ1) is 14.3. The van der Waals surface area contributed by atoms with Crippen molar-refractivity contribution in [3.8, 4) is 0 Å². The number of rotatable bonds is 5. The molecule has 1 unspecified atom stereocenters. The van der Waals surface area contributed by atoms with Crippen LogP contribution in [-0.4, -0.2) is 12.5 Å². The van der Waals surface area contributed by atoms with Crippen LogP contribution in [0.1, 0.15) is 33.9 Å². The molecule has 0 heterocycles. The second-order valence-corrected chi connectivity index (χ2v) is 4.93. The van der Waals surface area contributed by atoms with Crippen molar-refractivity contribution in [1.29, 1.82) is 0 Å². The number of aryl methyl sites for hydroxylation is 1. The Morgan fingerprint density at radius 2 is 1.75 bits per heavy atom. The fourth-order valence-corrected chi connectivity index (χ4v) is 2.02. The smallest absolute Gasteiger partial charge is 0.251 e. The molecule has 3 nitrogen and oxygen atoms in total. The Morgan fingerprint density at radius 3 is 2.40 bits per heavy atom. The fourth-order valence-electron chi connectivity index (χ4n) is 2.02. The number of carbonyl (C=O) groups is 1. The molecule has 2 aromatic carbocycles. The van der Waals surface area contributed by atoms with Crippen LogP contribution in [0.3, 0.4) is 0 Å². The molecule has 104 valence electrons. The molecular weight excluding hydrogens is 248 g/mol. The van der Waals surface area contributed by atoms with Gasteiger partial charge in [-0.1, -0.05) is 48.0 Å². The summed E-state index contributed by atoms with van der Waals surface area (Å²) in [6.45, 7) is 2.57. The molecule has 0 aliphatic heterocycles. The third-order valence-corrected chi connectivity index (χ3v) is 3.28. The monoisotopic (exact) mass is 268 g/mol. The summed E-state index contributed by atoms with van der Waals surface area (Å²) in [5, 5.41) is 2.90. The summed E-state index contributed by atoms with van der Waals surface area (Å²) in [6, 6.07) is 17.4. The second-order valence-electron chi connectivity index (χ2n) is 4.93. The van der Waals surface area contributed by atoms with Crippen molar-refractivity contribution in [3.63, 3.8) is 0 Å². The van der Waals surface area contributed by atoms with Gasteiger partial charge in [0.15, 0.2) is 0 Å². The van der Waals surface area contributed by atoms with E-state index in [0.29, 0.717) is 12.1 Å². The Morgan fingerprint density at radius 1 is 1.10 bits per heavy atom. The van der Waals surface area contributed by atoms with Gasteiger partial charge in [0.05, 0.1) is 0 Å². The van der Waals surface area contributed by atoms with Crippen molar-refractivity contribution in [2.75, 3.05) is 6.54 Å². The van der Waals surface area contributed by atoms with E-state index in [4.69, 9.17) is 5.73 Å². The largest absolute Gasteiger partial charge is 0.352 e. The van der Waals surface area contributed by atoms with Crippen LogP contribution >= 0.6 is 0 Å². The van der Waals surface area contributed by atoms with E-state index in [9.17, 15) is 4.79 Å². The van der Waals surface area contributed by atoms with Crippen molar-refractivity contribution in [1.82, 2.24) is 5.32 Å². The first-order chi connectivity index (χ1) is 9.66. The molecule has 0 saturated carbocycles. The van der Waals surface area contributed by atoms with Gasteiger partial charge >= 0.3 is 0 Å². The number of amides is 1. The summed E-state index contributed by atoms with van der Waals surface area (Å²) in [7, 11) is 0. The van der Waals surface area contributed by atoms with Gasteiger partial charge in [0.2, 0.25) is 0 Å². The average Bonchev–Trinajstić information content (AvgIpc) is 2.48. The van der Waals surface area contributed by atoms with Crippen LogP contribution in [0.15, 0.2) is 54.6 Å². The van der Waals surface area contributed by atoms with Crippen LogP contribution in [0.2, 0.25) is 0 Å². The van der Waals surface area contributed by atoms with Crippen molar-refractivity contribution >= 4 is 5.91 Å². The number of hydrogen-bond acceptors (Lipinski definition) is 2. The second kappa shape index (κ2) is 6.87. The molecule has 0 aliphatic carbocycles. The lowest BCUT2D eigenvalue weighted by Gasteiger charge is -2.12. The van der Waals surface area contributed by atoms with E-state index < -0.39 is 0 Å². The predicted octanol–water partition coefficient (Wildman–Crippen LogP) is 2.81. The maximum absolute atomic E-state index is 11.9. The molecule has 1 atom stereocenters. The zero-order valence-corrected chi connectivity index (χ0v) is 11.7. The summed E-state index contributed by atoms with van der Waals surface area (Å²) in [5.41, 5.74) is 9.01. The van der Waals surface area contributed by atoms with E-state index in [-0.39, 0.29) is 11.9 Å². The Bertz CT molecular complexity index is 549. The average molecular weight is 268 g/mol. The standard InChI is InChI=1S/C17H20N2O/c1-13-7-9-15(10-8-13)17(20)19-12-11-16(18)14-5-3-2-4-6-14/h2-10,16H,11-12,18H2,1H3,(H,19,20). The molecule has 0 fully saturated rings. The van der Waals surface area contributed by atoms with E-state index in [1.165, 1.54) is 0 Å². The molecular formula is C17H20N2O. The van der Waals surface area contributed by atoms with Gasteiger partial charge in [-0.15, -0.1) is 0 Å². The molecule has 3 N–H and O–H groups in total. The summed E-state index contributed by atoms with van der Waals surface area (Å²) in [6.07, 6.45) is 0.724. The van der Waals surface area contributed by atoms with Crippen molar-refractivity contribution in [2.24, 2.45) is 5.73 Å². The Balaban J connectivity index is 1.81. The van der Waals surface area contributed by atoms with Gasteiger partial charge in [-0.2, -0.15) is 0 Å². The molecule has 0 spiro atoms. The van der Waals surface area contributed by atoms with Gasteiger partial charge < -0.3 is 11.1 Å². The topological polar surface area (TPSA) is 55.1 Å². The molecule has 2 rings (SSSR count). The molecule has 2 aromatic rings. The van der Waals surface area contributed by atoms with Crippen molar-refractivity contribution in [3.05, 3.63) is 71.3 Å². The maximum atomic E-state index is 11.9. The molecule has 0 radical (unpaired) electrons. The van der Waals surface area contributed by atoms with Crippen molar-refractivity contribution < 1.29 is 4.79 Å². The lowest BCUT2D eigenvalue weighted by atomic mass is 10.0. The molecule has 3 heteroatoms. The number of nitrogens with two attached hydrogens (primary N) is 1. The quantitative estimate of drug-likeness (QED) is 0.876. The fraction of sp³-hybridized carbons (Fsp3) is 0.235. The maximum Gasteiger partial charge on any atom is 0.251 e. The van der Waals surface area contributed by atoms with Gasteiger partial charge in [0.25, 0.3) is 5.91 Å². The molecule has 0 bridgehead atoms. The van der Waals surface area contributed by atoms with E-state index in [1.54, 1.807) is 0 Å². The summed E-state index contributed by atoms with van der Waals surface area (Å²) in [5.74, 6) is -0.0507.